The van der Waals surface area contributed by atoms with E-state index in [0.717, 1.165) is 27.9 Å². The number of thiazole rings is 1. The van der Waals surface area contributed by atoms with Crippen molar-refractivity contribution in [2.75, 3.05) is 11.9 Å². The molecule has 3 aromatic rings. The number of carboxylic acids is 1. The van der Waals surface area contributed by atoms with Gasteiger partial charge >= 0.3 is 12.1 Å². The third-order valence-corrected chi connectivity index (χ3v) is 7.51. The first-order valence-electron chi connectivity index (χ1n) is 14.2. The maximum Gasteiger partial charge on any atom is 0.408 e. The molecular formula is C31H40N8O5S. The number of ether oxygens (including phenoxy) is 1. The van der Waals surface area contributed by atoms with Gasteiger partial charge in [-0.3, -0.25) is 4.79 Å². The molecule has 0 aliphatic heterocycles. The predicted molar refractivity (Wildman–Crippen MR) is 173 cm³/mol. The van der Waals surface area contributed by atoms with Gasteiger partial charge in [-0.2, -0.15) is 0 Å². The zero-order chi connectivity index (χ0) is 33.4. The first kappa shape index (κ1) is 34.6. The Kier molecular flexibility index (Phi) is 11.4. The smallest absolute Gasteiger partial charge is 0.408 e. The van der Waals surface area contributed by atoms with Gasteiger partial charge < -0.3 is 36.5 Å². The fraction of sp³-hybridized carbons (Fsp3) is 0.387. The minimum atomic E-state index is -1.27. The number of allylic oxidation sites excluding steroid dienone is 1. The monoisotopic (exact) mass is 636 g/mol. The highest BCUT2D eigenvalue weighted by molar-refractivity contribution is 7.13. The summed E-state index contributed by atoms with van der Waals surface area (Å²) >= 11 is 1.40. The zero-order valence-electron chi connectivity index (χ0n) is 26.4. The summed E-state index contributed by atoms with van der Waals surface area (Å²) in [5.74, 6) is -1.19. The van der Waals surface area contributed by atoms with Gasteiger partial charge in [-0.25, -0.2) is 24.5 Å². The van der Waals surface area contributed by atoms with E-state index in [1.807, 2.05) is 25.1 Å². The molecule has 2 heterocycles. The second-order valence-corrected chi connectivity index (χ2v) is 13.2. The number of nitrogens with zero attached hydrogens (tertiary/aromatic N) is 3. The first-order chi connectivity index (χ1) is 21.1. The molecule has 2 aromatic heterocycles. The molecule has 0 saturated carbocycles. The summed E-state index contributed by atoms with van der Waals surface area (Å²) in [5, 5.41) is 29.1. The number of hydrogen-bond acceptors (Lipinski definition) is 11. The number of amides is 2. The van der Waals surface area contributed by atoms with Crippen LogP contribution in [0.1, 0.15) is 67.3 Å². The molecule has 45 heavy (non-hydrogen) atoms. The van der Waals surface area contributed by atoms with Crippen molar-refractivity contribution in [3.05, 3.63) is 69.6 Å². The van der Waals surface area contributed by atoms with E-state index < -0.39 is 23.7 Å². The Morgan fingerprint density at radius 3 is 2.44 bits per heavy atom. The number of nitrogens with one attached hydrogen (secondary N) is 5. The van der Waals surface area contributed by atoms with Crippen molar-refractivity contribution in [2.24, 2.45) is 0 Å². The Hall–Kier alpha value is -4.85. The first-order valence-corrected chi connectivity index (χ1v) is 15.0. The number of aromatic nitrogens is 3. The second-order valence-electron chi connectivity index (χ2n) is 12.2. The van der Waals surface area contributed by atoms with E-state index in [1.54, 1.807) is 39.2 Å². The lowest BCUT2D eigenvalue weighted by Gasteiger charge is -2.22. The fourth-order valence-electron chi connectivity index (χ4n) is 3.80. The topological polar surface area (TPSA) is 191 Å². The van der Waals surface area contributed by atoms with Gasteiger partial charge in [0.2, 0.25) is 5.95 Å². The number of alkyl carbamates (subject to hydrolysis) is 1. The average molecular weight is 637 g/mol. The van der Waals surface area contributed by atoms with Crippen LogP contribution in [0.25, 0.3) is 11.3 Å². The molecule has 2 amide bonds. The maximum atomic E-state index is 12.7. The Labute approximate surface area is 266 Å². The lowest BCUT2D eigenvalue weighted by atomic mass is 9.98. The molecule has 0 aliphatic rings. The quantitative estimate of drug-likeness (QED) is 0.153. The zero-order valence-corrected chi connectivity index (χ0v) is 27.3. The summed E-state index contributed by atoms with van der Waals surface area (Å²) in [6.07, 6.45) is 4.75. The van der Waals surface area contributed by atoms with E-state index in [2.05, 4.69) is 57.0 Å². The molecule has 13 nitrogen and oxygen atoms in total. The van der Waals surface area contributed by atoms with Gasteiger partial charge in [-0.15, -0.1) is 11.3 Å². The van der Waals surface area contributed by atoms with Gasteiger partial charge in [0.05, 0.1) is 22.6 Å². The standard InChI is InChI=1S/C31H40N8O5S/c1-18-12-19(8-9-20(18)14-35-25(40)24-17-36-27(45-24)30(2,3)4)22-10-11-34-28(38-22)37-21(13-32)15-33-16-23(26(41)42)39-29(43)44-31(5,6)7/h8-13,15,17,23,32-33H,14,16H2,1-7H3,(H,35,40)(H,39,43)(H,41,42)(H,34,37,38)/b21-15+,32-13?. The molecule has 1 unspecified atom stereocenters. The summed E-state index contributed by atoms with van der Waals surface area (Å²) in [6.45, 7) is 13.4. The highest BCUT2D eigenvalue weighted by Crippen LogP contribution is 2.27. The summed E-state index contributed by atoms with van der Waals surface area (Å²) in [4.78, 5) is 50.0. The molecule has 14 heteroatoms. The van der Waals surface area contributed by atoms with Crippen molar-refractivity contribution in [1.82, 2.24) is 30.9 Å². The van der Waals surface area contributed by atoms with Crippen molar-refractivity contribution < 1.29 is 24.2 Å². The lowest BCUT2D eigenvalue weighted by Crippen LogP contribution is -2.48. The Balaban J connectivity index is 1.62. The molecule has 1 aromatic carbocycles. The second kappa shape index (κ2) is 14.8. The summed E-state index contributed by atoms with van der Waals surface area (Å²) in [7, 11) is 0. The van der Waals surface area contributed by atoms with Gasteiger partial charge in [-0.05, 0) is 51.0 Å². The van der Waals surface area contributed by atoms with Gasteiger partial charge in [0.1, 0.15) is 16.5 Å². The normalized spacial score (nSPS) is 12.6. The van der Waals surface area contributed by atoms with Gasteiger partial charge in [0.15, 0.2) is 0 Å². The van der Waals surface area contributed by atoms with E-state index in [9.17, 15) is 19.5 Å². The SMILES string of the molecule is Cc1cc(-c2ccnc(N/C(C=N)=C/NCC(NC(=O)OC(C)(C)C)C(=O)O)n2)ccc1CNC(=O)c1cnc(C(C)(C)C)s1. The van der Waals surface area contributed by atoms with Crippen molar-refractivity contribution in [1.29, 1.82) is 5.41 Å². The Morgan fingerprint density at radius 1 is 1.11 bits per heavy atom. The number of rotatable bonds is 12. The molecule has 6 N–H and O–H groups in total. The largest absolute Gasteiger partial charge is 0.480 e. The van der Waals surface area contributed by atoms with Crippen LogP contribution in [0.4, 0.5) is 10.7 Å². The highest BCUT2D eigenvalue weighted by atomic mass is 32.1. The summed E-state index contributed by atoms with van der Waals surface area (Å²) in [5.41, 5.74) is 2.76. The van der Waals surface area contributed by atoms with Crippen LogP contribution in [0.3, 0.4) is 0 Å². The number of anilines is 1. The average Bonchev–Trinajstić information content (AvgIpc) is 3.46. The van der Waals surface area contributed by atoms with Crippen LogP contribution in [0.5, 0.6) is 0 Å². The number of aryl methyl sites for hydroxylation is 1. The molecule has 0 saturated heterocycles. The molecule has 1 atom stereocenters. The van der Waals surface area contributed by atoms with E-state index in [4.69, 9.17) is 10.1 Å². The molecule has 0 aliphatic carbocycles. The van der Waals surface area contributed by atoms with Crippen LogP contribution in [-0.4, -0.2) is 62.4 Å². The fourth-order valence-corrected chi connectivity index (χ4v) is 4.69. The molecule has 3 rings (SSSR count). The van der Waals surface area contributed by atoms with Gasteiger partial charge in [-0.1, -0.05) is 32.9 Å². The predicted octanol–water partition coefficient (Wildman–Crippen LogP) is 4.61. The number of carbonyl (C=O) groups excluding carboxylic acids is 2. The van der Waals surface area contributed by atoms with Crippen LogP contribution in [0.15, 0.2) is 48.6 Å². The highest BCUT2D eigenvalue weighted by Gasteiger charge is 2.24. The van der Waals surface area contributed by atoms with Crippen LogP contribution in [0.2, 0.25) is 0 Å². The van der Waals surface area contributed by atoms with Crippen LogP contribution in [-0.2, 0) is 21.5 Å². The van der Waals surface area contributed by atoms with Crippen molar-refractivity contribution >= 4 is 41.5 Å². The van der Waals surface area contributed by atoms with Crippen LogP contribution >= 0.6 is 11.3 Å². The van der Waals surface area contributed by atoms with Crippen LogP contribution in [0, 0.1) is 12.3 Å². The number of benzene rings is 1. The molecular weight excluding hydrogens is 596 g/mol. The van der Waals surface area contributed by atoms with Crippen molar-refractivity contribution in [3.8, 4) is 11.3 Å². The molecule has 240 valence electrons. The number of carboxylic acid groups (broad SMARTS) is 1. The van der Waals surface area contributed by atoms with Crippen molar-refractivity contribution in [2.45, 2.75) is 72.1 Å². The van der Waals surface area contributed by atoms with E-state index in [-0.39, 0.29) is 29.5 Å². The molecule has 0 radical (unpaired) electrons. The maximum absolute atomic E-state index is 12.7. The minimum Gasteiger partial charge on any atom is -0.480 e. The number of carbonyl (C=O) groups is 3. The lowest BCUT2D eigenvalue weighted by molar-refractivity contribution is -0.139. The van der Waals surface area contributed by atoms with Crippen LogP contribution < -0.4 is 21.3 Å². The van der Waals surface area contributed by atoms with E-state index >= 15 is 0 Å². The number of aliphatic carboxylic acids is 1. The van der Waals surface area contributed by atoms with Gasteiger partial charge in [0, 0.05) is 42.7 Å². The molecule has 0 spiro atoms. The minimum absolute atomic E-state index is 0.117. The Morgan fingerprint density at radius 2 is 1.84 bits per heavy atom. The third-order valence-electron chi connectivity index (χ3n) is 6.08. The molecule has 0 bridgehead atoms. The molecule has 0 fully saturated rings. The van der Waals surface area contributed by atoms with E-state index in [0.29, 0.717) is 17.1 Å². The summed E-state index contributed by atoms with van der Waals surface area (Å²) < 4.78 is 5.12. The third kappa shape index (κ3) is 10.7. The number of hydrogen-bond donors (Lipinski definition) is 6. The Bertz CT molecular complexity index is 1570. The summed E-state index contributed by atoms with van der Waals surface area (Å²) in [6, 6.07) is 6.30. The van der Waals surface area contributed by atoms with E-state index in [1.165, 1.54) is 17.5 Å². The van der Waals surface area contributed by atoms with Crippen molar-refractivity contribution in [3.63, 3.8) is 0 Å². The van der Waals surface area contributed by atoms with Gasteiger partial charge in [0.25, 0.3) is 5.91 Å².